The molecule has 7 heteroatoms. The average molecular weight is 378 g/mol. The number of sulfonamides is 1. The van der Waals surface area contributed by atoms with Gasteiger partial charge >= 0.3 is 0 Å². The molecule has 1 heterocycles. The smallest absolute Gasteiger partial charge is 0.244 e. The molecule has 2 rings (SSSR count). The van der Waals surface area contributed by atoms with Crippen LogP contribution in [0.3, 0.4) is 0 Å². The first-order valence-corrected chi connectivity index (χ1v) is 8.64. The van der Waals surface area contributed by atoms with E-state index in [-0.39, 0.29) is 10.8 Å². The molecule has 1 aromatic heterocycles. The minimum absolute atomic E-state index is 0.227. The molecule has 0 saturated carbocycles. The van der Waals surface area contributed by atoms with E-state index in [1.807, 2.05) is 24.3 Å². The third-order valence-corrected chi connectivity index (χ3v) is 5.43. The highest BCUT2D eigenvalue weighted by atomic mass is 79.9. The van der Waals surface area contributed by atoms with Crippen molar-refractivity contribution in [3.8, 4) is 0 Å². The van der Waals surface area contributed by atoms with E-state index in [4.69, 9.17) is 11.6 Å². The average Bonchev–Trinajstić information content (AvgIpc) is 2.88. The third-order valence-electron chi connectivity index (χ3n) is 2.86. The molecule has 1 aromatic carbocycles. The Kier molecular flexibility index (Phi) is 4.90. The molecule has 0 aliphatic heterocycles. The Morgan fingerprint density at radius 1 is 1.35 bits per heavy atom. The van der Waals surface area contributed by atoms with Gasteiger partial charge in [0.05, 0.1) is 10.8 Å². The summed E-state index contributed by atoms with van der Waals surface area (Å²) in [5.74, 6) is 0.255. The van der Waals surface area contributed by atoms with Gasteiger partial charge in [-0.2, -0.15) is 4.31 Å². The zero-order chi connectivity index (χ0) is 14.8. The fraction of sp³-hybridized carbons (Fsp3) is 0.231. The van der Waals surface area contributed by atoms with Crippen LogP contribution in [-0.4, -0.2) is 24.8 Å². The third kappa shape index (κ3) is 3.44. The van der Waals surface area contributed by atoms with Crippen LogP contribution >= 0.6 is 27.5 Å². The number of H-pyrrole nitrogens is 1. The van der Waals surface area contributed by atoms with Gasteiger partial charge in [0.15, 0.2) is 0 Å². The Labute approximate surface area is 131 Å². The number of hydrogen-bond donors (Lipinski definition) is 1. The minimum atomic E-state index is -3.51. The molecule has 0 saturated heterocycles. The quantitative estimate of drug-likeness (QED) is 0.813. The van der Waals surface area contributed by atoms with Crippen LogP contribution in [0.4, 0.5) is 0 Å². The second kappa shape index (κ2) is 6.30. The number of benzene rings is 1. The van der Waals surface area contributed by atoms with Crippen molar-refractivity contribution in [3.63, 3.8) is 0 Å². The van der Waals surface area contributed by atoms with E-state index in [0.29, 0.717) is 12.2 Å². The Bertz CT molecular complexity index is 700. The van der Waals surface area contributed by atoms with Crippen LogP contribution < -0.4 is 0 Å². The van der Waals surface area contributed by atoms with Gasteiger partial charge in [0.1, 0.15) is 0 Å². The highest BCUT2D eigenvalue weighted by molar-refractivity contribution is 9.10. The summed E-state index contributed by atoms with van der Waals surface area (Å²) in [5.41, 5.74) is 1.60. The number of rotatable bonds is 5. The number of halogens is 2. The monoisotopic (exact) mass is 376 g/mol. The van der Waals surface area contributed by atoms with Crippen molar-refractivity contribution >= 4 is 37.6 Å². The number of hydrogen-bond acceptors (Lipinski definition) is 2. The highest BCUT2D eigenvalue weighted by Crippen LogP contribution is 2.19. The summed E-state index contributed by atoms with van der Waals surface area (Å²) >= 11 is 9.04. The van der Waals surface area contributed by atoms with Crippen LogP contribution in [0.25, 0.3) is 0 Å². The first-order valence-electron chi connectivity index (χ1n) is 5.87. The molecule has 0 bridgehead atoms. The lowest BCUT2D eigenvalue weighted by atomic mass is 10.2. The van der Waals surface area contributed by atoms with Crippen LogP contribution in [0.1, 0.15) is 11.3 Å². The molecule has 0 unspecified atom stereocenters. The van der Waals surface area contributed by atoms with E-state index in [2.05, 4.69) is 20.9 Å². The zero-order valence-electron chi connectivity index (χ0n) is 10.8. The van der Waals surface area contributed by atoms with Crippen LogP contribution in [0.5, 0.6) is 0 Å². The Morgan fingerprint density at radius 2 is 2.10 bits per heavy atom. The largest absolute Gasteiger partial charge is 0.363 e. The van der Waals surface area contributed by atoms with Crippen molar-refractivity contribution < 1.29 is 8.42 Å². The Balaban J connectivity index is 2.21. The Morgan fingerprint density at radius 3 is 2.70 bits per heavy atom. The minimum Gasteiger partial charge on any atom is -0.363 e. The number of aromatic nitrogens is 1. The molecule has 0 atom stereocenters. The number of nitrogens with zero attached hydrogens (tertiary/aromatic N) is 1. The SMILES string of the molecule is CN(Cc1cccc(Br)c1)S(=O)(=O)c1c[nH]c(CCl)c1. The maximum atomic E-state index is 12.4. The first-order chi connectivity index (χ1) is 9.43. The zero-order valence-corrected chi connectivity index (χ0v) is 14.0. The van der Waals surface area contributed by atoms with E-state index in [1.54, 1.807) is 13.1 Å². The fourth-order valence-corrected chi connectivity index (χ4v) is 3.58. The maximum Gasteiger partial charge on any atom is 0.244 e. The normalized spacial score (nSPS) is 12.0. The van der Waals surface area contributed by atoms with Crippen molar-refractivity contribution in [1.29, 1.82) is 0 Å². The number of alkyl halides is 1. The summed E-state index contributed by atoms with van der Waals surface area (Å²) in [4.78, 5) is 3.07. The summed E-state index contributed by atoms with van der Waals surface area (Å²) in [6.45, 7) is 0.309. The molecule has 2 aromatic rings. The van der Waals surface area contributed by atoms with Crippen LogP contribution in [-0.2, 0) is 22.4 Å². The molecule has 0 amide bonds. The predicted molar refractivity (Wildman–Crippen MR) is 83.1 cm³/mol. The molecule has 0 spiro atoms. The van der Waals surface area contributed by atoms with Crippen molar-refractivity contribution in [2.75, 3.05) is 7.05 Å². The van der Waals surface area contributed by atoms with Crippen LogP contribution in [0, 0.1) is 0 Å². The topological polar surface area (TPSA) is 53.2 Å². The summed E-state index contributed by atoms with van der Waals surface area (Å²) in [6.07, 6.45) is 1.46. The summed E-state index contributed by atoms with van der Waals surface area (Å²) < 4.78 is 27.0. The van der Waals surface area contributed by atoms with Crippen molar-refractivity contribution in [2.45, 2.75) is 17.3 Å². The van der Waals surface area contributed by atoms with Crippen LogP contribution in [0.2, 0.25) is 0 Å². The fourth-order valence-electron chi connectivity index (χ4n) is 1.80. The van der Waals surface area contributed by atoms with Gasteiger partial charge in [0.2, 0.25) is 10.0 Å². The summed E-state index contributed by atoms with van der Waals surface area (Å²) in [5, 5.41) is 0. The van der Waals surface area contributed by atoms with Crippen molar-refractivity contribution in [1.82, 2.24) is 9.29 Å². The standard InChI is InChI=1S/C13H14BrClN2O2S/c1-17(9-10-3-2-4-11(14)5-10)20(18,19)13-6-12(7-15)16-8-13/h2-6,8,16H,7,9H2,1H3. The van der Waals surface area contributed by atoms with Gasteiger partial charge in [-0.1, -0.05) is 28.1 Å². The van der Waals surface area contributed by atoms with Crippen molar-refractivity contribution in [3.05, 3.63) is 52.3 Å². The van der Waals surface area contributed by atoms with Crippen LogP contribution in [0.15, 0.2) is 45.9 Å². The molecule has 0 aliphatic rings. The predicted octanol–water partition coefficient (Wildman–Crippen LogP) is 3.34. The van der Waals surface area contributed by atoms with Crippen molar-refractivity contribution in [2.24, 2.45) is 0 Å². The summed E-state index contributed by atoms with van der Waals surface area (Å²) in [7, 11) is -1.95. The van der Waals surface area contributed by atoms with Gasteiger partial charge in [0.25, 0.3) is 0 Å². The first kappa shape index (κ1) is 15.6. The van der Waals surface area contributed by atoms with E-state index in [1.165, 1.54) is 10.5 Å². The van der Waals surface area contributed by atoms with Gasteiger partial charge in [0, 0.05) is 30.0 Å². The molecule has 0 fully saturated rings. The molecule has 20 heavy (non-hydrogen) atoms. The Hall–Kier alpha value is -0.820. The molecular formula is C13H14BrClN2O2S. The molecule has 1 N–H and O–H groups in total. The number of aromatic amines is 1. The second-order valence-electron chi connectivity index (χ2n) is 4.39. The van der Waals surface area contributed by atoms with Gasteiger partial charge < -0.3 is 4.98 Å². The van der Waals surface area contributed by atoms with E-state index in [0.717, 1.165) is 10.0 Å². The molecule has 4 nitrogen and oxygen atoms in total. The lowest BCUT2D eigenvalue weighted by molar-refractivity contribution is 0.467. The van der Waals surface area contributed by atoms with E-state index in [9.17, 15) is 8.42 Å². The lowest BCUT2D eigenvalue weighted by Crippen LogP contribution is -2.26. The van der Waals surface area contributed by atoms with E-state index >= 15 is 0 Å². The highest BCUT2D eigenvalue weighted by Gasteiger charge is 2.22. The lowest BCUT2D eigenvalue weighted by Gasteiger charge is -2.16. The van der Waals surface area contributed by atoms with Gasteiger partial charge in [-0.15, -0.1) is 11.6 Å². The second-order valence-corrected chi connectivity index (χ2v) is 7.61. The number of nitrogens with one attached hydrogen (secondary N) is 1. The molecule has 0 radical (unpaired) electrons. The van der Waals surface area contributed by atoms with Gasteiger partial charge in [-0.05, 0) is 23.8 Å². The molecular weight excluding hydrogens is 364 g/mol. The van der Waals surface area contributed by atoms with Gasteiger partial charge in [-0.25, -0.2) is 8.42 Å². The molecule has 108 valence electrons. The van der Waals surface area contributed by atoms with Gasteiger partial charge in [-0.3, -0.25) is 0 Å². The van der Waals surface area contributed by atoms with E-state index < -0.39 is 10.0 Å². The molecule has 0 aliphatic carbocycles. The maximum absolute atomic E-state index is 12.4. The summed E-state index contributed by atoms with van der Waals surface area (Å²) in [6, 6.07) is 9.11.